The van der Waals surface area contributed by atoms with Crippen molar-refractivity contribution in [3.63, 3.8) is 0 Å². The Morgan fingerprint density at radius 3 is 1.74 bits per heavy atom. The molecule has 3 unspecified atom stereocenters. The number of amides is 4. The van der Waals surface area contributed by atoms with E-state index in [0.717, 1.165) is 0 Å². The van der Waals surface area contributed by atoms with Crippen LogP contribution in [0, 0.1) is 0 Å². The number of rotatable bonds is 15. The van der Waals surface area contributed by atoms with Crippen LogP contribution in [0.1, 0.15) is 32.1 Å². The zero-order chi connectivity index (χ0) is 24.1. The number of hydrogen-bond donors (Lipinski definition) is 8. The second-order valence-electron chi connectivity index (χ2n) is 6.38. The molecule has 0 aromatic rings. The van der Waals surface area contributed by atoms with E-state index >= 15 is 0 Å². The van der Waals surface area contributed by atoms with Crippen LogP contribution in [0.5, 0.6) is 0 Å². The summed E-state index contributed by atoms with van der Waals surface area (Å²) in [5.74, 6) is -7.76. The third-order valence-corrected chi connectivity index (χ3v) is 3.74. The van der Waals surface area contributed by atoms with Gasteiger partial charge in [0, 0.05) is 12.8 Å². The maximum absolute atomic E-state index is 12.2. The second-order valence-corrected chi connectivity index (χ2v) is 6.38. The van der Waals surface area contributed by atoms with Crippen molar-refractivity contribution in [2.45, 2.75) is 50.2 Å². The number of carbonyl (C=O) groups excluding carboxylic acids is 4. The van der Waals surface area contributed by atoms with Gasteiger partial charge in [-0.1, -0.05) is 0 Å². The minimum absolute atomic E-state index is 0.367. The third kappa shape index (κ3) is 12.4. The summed E-state index contributed by atoms with van der Waals surface area (Å²) in [5, 5.41) is 32.6. The molecule has 0 saturated carbocycles. The van der Waals surface area contributed by atoms with Crippen molar-refractivity contribution in [2.75, 3.05) is 6.54 Å². The van der Waals surface area contributed by atoms with Crippen molar-refractivity contribution < 1.29 is 48.9 Å². The fourth-order valence-electron chi connectivity index (χ4n) is 2.19. The predicted molar refractivity (Wildman–Crippen MR) is 100 cm³/mol. The first-order valence-corrected chi connectivity index (χ1v) is 8.91. The Kier molecular flexibility index (Phi) is 11.8. The topological polar surface area (TPSA) is 268 Å². The van der Waals surface area contributed by atoms with E-state index < -0.39 is 85.5 Å². The molecule has 0 bridgehead atoms. The third-order valence-electron chi connectivity index (χ3n) is 3.74. The number of nitrogens with one attached hydrogen (secondary N) is 3. The number of nitrogens with two attached hydrogens (primary N) is 2. The molecule has 0 heterocycles. The Morgan fingerprint density at radius 2 is 1.29 bits per heavy atom. The van der Waals surface area contributed by atoms with E-state index in [0.29, 0.717) is 0 Å². The van der Waals surface area contributed by atoms with E-state index in [1.54, 1.807) is 0 Å². The number of carboxylic acids is 3. The molecule has 0 aromatic carbocycles. The lowest BCUT2D eigenvalue weighted by Gasteiger charge is -2.20. The van der Waals surface area contributed by atoms with E-state index in [4.69, 9.17) is 26.8 Å². The van der Waals surface area contributed by atoms with Crippen LogP contribution in [0.3, 0.4) is 0 Å². The first kappa shape index (κ1) is 27.2. The van der Waals surface area contributed by atoms with Gasteiger partial charge >= 0.3 is 17.9 Å². The van der Waals surface area contributed by atoms with Gasteiger partial charge in [0.2, 0.25) is 23.6 Å². The predicted octanol–water partition coefficient (Wildman–Crippen LogP) is -3.91. The number of carboxylic acid groups (broad SMARTS) is 3. The monoisotopic (exact) mass is 447 g/mol. The summed E-state index contributed by atoms with van der Waals surface area (Å²) in [6.07, 6.45) is -2.31. The standard InChI is InChI=1S/C16H25N5O10/c17-7(5-10(18)22)14(28)21-8(1-3-12(24)25)15(29)19-6-11(23)20-9(16(30)31)2-4-13(26)27/h7-9H,1-6,17H2,(H2,18,22)(H,19,29)(H,20,23)(H,21,28)(H,24,25)(H,26,27)(H,30,31). The van der Waals surface area contributed by atoms with Gasteiger partial charge in [-0.3, -0.25) is 28.8 Å². The van der Waals surface area contributed by atoms with Crippen molar-refractivity contribution in [3.05, 3.63) is 0 Å². The van der Waals surface area contributed by atoms with Crippen LogP contribution in [-0.2, 0) is 33.6 Å². The summed E-state index contributed by atoms with van der Waals surface area (Å²) >= 11 is 0. The van der Waals surface area contributed by atoms with Gasteiger partial charge in [0.15, 0.2) is 0 Å². The average Bonchev–Trinajstić information content (AvgIpc) is 2.64. The number of carbonyl (C=O) groups is 7. The van der Waals surface area contributed by atoms with Gasteiger partial charge in [0.1, 0.15) is 12.1 Å². The Labute approximate surface area is 175 Å². The smallest absolute Gasteiger partial charge is 0.326 e. The quantitative estimate of drug-likeness (QED) is 0.120. The van der Waals surface area contributed by atoms with Crippen LogP contribution in [0.2, 0.25) is 0 Å². The molecule has 0 radical (unpaired) electrons. The first-order chi connectivity index (χ1) is 14.3. The molecule has 0 rings (SSSR count). The van der Waals surface area contributed by atoms with Gasteiger partial charge in [0.25, 0.3) is 0 Å². The maximum Gasteiger partial charge on any atom is 0.326 e. The lowest BCUT2D eigenvalue weighted by Crippen LogP contribution is -2.54. The fourth-order valence-corrected chi connectivity index (χ4v) is 2.19. The Morgan fingerprint density at radius 1 is 0.774 bits per heavy atom. The molecule has 0 aliphatic carbocycles. The highest BCUT2D eigenvalue weighted by Gasteiger charge is 2.26. The highest BCUT2D eigenvalue weighted by Crippen LogP contribution is 2.01. The molecular weight excluding hydrogens is 422 g/mol. The lowest BCUT2D eigenvalue weighted by atomic mass is 10.1. The fraction of sp³-hybridized carbons (Fsp3) is 0.562. The molecule has 15 heteroatoms. The van der Waals surface area contributed by atoms with Gasteiger partial charge in [-0.25, -0.2) is 4.79 Å². The molecule has 31 heavy (non-hydrogen) atoms. The molecule has 0 aliphatic heterocycles. The summed E-state index contributed by atoms with van der Waals surface area (Å²) in [5.41, 5.74) is 10.4. The zero-order valence-corrected chi connectivity index (χ0v) is 16.3. The molecule has 15 nitrogen and oxygen atoms in total. The minimum Gasteiger partial charge on any atom is -0.481 e. The maximum atomic E-state index is 12.2. The molecule has 10 N–H and O–H groups in total. The molecule has 0 spiro atoms. The zero-order valence-electron chi connectivity index (χ0n) is 16.3. The first-order valence-electron chi connectivity index (χ1n) is 8.91. The second kappa shape index (κ2) is 13.5. The van der Waals surface area contributed by atoms with Crippen molar-refractivity contribution in [1.82, 2.24) is 16.0 Å². The number of aliphatic carboxylic acids is 3. The largest absolute Gasteiger partial charge is 0.481 e. The molecule has 0 saturated heterocycles. The highest BCUT2D eigenvalue weighted by atomic mass is 16.4. The van der Waals surface area contributed by atoms with Crippen LogP contribution < -0.4 is 27.4 Å². The summed E-state index contributed by atoms with van der Waals surface area (Å²) in [6, 6.07) is -4.31. The van der Waals surface area contributed by atoms with Gasteiger partial charge in [-0.05, 0) is 12.8 Å². The summed E-state index contributed by atoms with van der Waals surface area (Å²) in [4.78, 5) is 79.3. The summed E-state index contributed by atoms with van der Waals surface area (Å²) in [7, 11) is 0. The van der Waals surface area contributed by atoms with E-state index in [1.165, 1.54) is 0 Å². The van der Waals surface area contributed by atoms with Crippen molar-refractivity contribution in [2.24, 2.45) is 11.5 Å². The highest BCUT2D eigenvalue weighted by molar-refractivity contribution is 5.94. The van der Waals surface area contributed by atoms with Gasteiger partial charge in [0.05, 0.1) is 19.0 Å². The summed E-state index contributed by atoms with van der Waals surface area (Å²) in [6.45, 7) is -0.734. The SMILES string of the molecule is NC(=O)CC(N)C(=O)NC(CCC(=O)O)C(=O)NCC(=O)NC(CCC(=O)O)C(=O)O. The van der Waals surface area contributed by atoms with E-state index in [9.17, 15) is 33.6 Å². The normalized spacial score (nSPS) is 13.2. The van der Waals surface area contributed by atoms with Gasteiger partial charge in [-0.2, -0.15) is 0 Å². The van der Waals surface area contributed by atoms with E-state index in [-0.39, 0.29) is 12.8 Å². The van der Waals surface area contributed by atoms with E-state index in [2.05, 4.69) is 10.6 Å². The average molecular weight is 447 g/mol. The molecule has 4 amide bonds. The Balaban J connectivity index is 4.92. The molecule has 0 aliphatic rings. The molecule has 0 aromatic heterocycles. The Hall–Kier alpha value is -3.75. The number of primary amides is 1. The van der Waals surface area contributed by atoms with Crippen LogP contribution in [0.15, 0.2) is 0 Å². The van der Waals surface area contributed by atoms with Crippen molar-refractivity contribution >= 4 is 41.5 Å². The van der Waals surface area contributed by atoms with Crippen molar-refractivity contribution in [3.8, 4) is 0 Å². The minimum atomic E-state index is -1.50. The van der Waals surface area contributed by atoms with Gasteiger partial charge in [-0.15, -0.1) is 0 Å². The molecular formula is C16H25N5O10. The van der Waals surface area contributed by atoms with Crippen molar-refractivity contribution in [1.29, 1.82) is 0 Å². The summed E-state index contributed by atoms with van der Waals surface area (Å²) < 4.78 is 0. The van der Waals surface area contributed by atoms with Crippen LogP contribution >= 0.6 is 0 Å². The van der Waals surface area contributed by atoms with Crippen LogP contribution in [-0.4, -0.2) is 81.5 Å². The number of hydrogen-bond acceptors (Lipinski definition) is 8. The van der Waals surface area contributed by atoms with Crippen LogP contribution in [0.25, 0.3) is 0 Å². The molecule has 3 atom stereocenters. The molecule has 0 fully saturated rings. The van der Waals surface area contributed by atoms with E-state index in [1.807, 2.05) is 5.32 Å². The van der Waals surface area contributed by atoms with Gasteiger partial charge < -0.3 is 42.7 Å². The molecule has 174 valence electrons. The Bertz CT molecular complexity index is 726. The van der Waals surface area contributed by atoms with Crippen LogP contribution in [0.4, 0.5) is 0 Å². The lowest BCUT2D eigenvalue weighted by molar-refractivity contribution is -0.143.